The average Bonchev–Trinajstić information content (AvgIpc) is 3.43. The van der Waals surface area contributed by atoms with Gasteiger partial charge in [0.15, 0.2) is 0 Å². The van der Waals surface area contributed by atoms with Crippen molar-refractivity contribution in [3.63, 3.8) is 0 Å². The van der Waals surface area contributed by atoms with E-state index < -0.39 is 30.3 Å². The number of carboxylic acids is 1. The van der Waals surface area contributed by atoms with Gasteiger partial charge in [0.2, 0.25) is 0 Å². The topological polar surface area (TPSA) is 125 Å². The first-order chi connectivity index (χ1) is 24.0. The molecule has 0 amide bonds. The highest BCUT2D eigenvalue weighted by Gasteiger charge is 2.59. The number of allylic oxidation sites excluding steroid dienone is 1. The number of fused-ring (bicyclic) bond motifs is 5. The highest BCUT2D eigenvalue weighted by molar-refractivity contribution is 5.76. The highest BCUT2D eigenvalue weighted by atomic mass is 19.4. The van der Waals surface area contributed by atoms with Gasteiger partial charge in [0.1, 0.15) is 25.4 Å². The molecule has 0 aromatic heterocycles. The van der Waals surface area contributed by atoms with E-state index in [0.717, 1.165) is 60.3 Å². The predicted molar refractivity (Wildman–Crippen MR) is 187 cm³/mol. The van der Waals surface area contributed by atoms with E-state index >= 15 is 0 Å². The molecule has 51 heavy (non-hydrogen) atoms. The van der Waals surface area contributed by atoms with Crippen molar-refractivity contribution >= 4 is 18.1 Å². The number of nitrogens with two attached hydrogens (primary N) is 1. The lowest BCUT2D eigenvalue weighted by atomic mass is 9.47. The SMILES string of the molecule is CC(C)CCCC(C)C1CCC2C3CC=C4CC(OC(=O)OCC(N)C(=O)OCc5ccccc5)CCC4(C)C3CCC12C.O=C(O)C(F)(F)F. The van der Waals surface area contributed by atoms with Gasteiger partial charge >= 0.3 is 24.3 Å². The summed E-state index contributed by atoms with van der Waals surface area (Å²) in [5.74, 6) is 1.48. The predicted octanol–water partition coefficient (Wildman–Crippen LogP) is 9.25. The normalized spacial score (nSPS) is 31.0. The van der Waals surface area contributed by atoms with Crippen LogP contribution in [-0.2, 0) is 30.4 Å². The fourth-order valence-corrected chi connectivity index (χ4v) is 9.98. The van der Waals surface area contributed by atoms with Crippen LogP contribution >= 0.6 is 0 Å². The molecular weight excluding hydrogens is 663 g/mol. The lowest BCUT2D eigenvalue weighted by molar-refractivity contribution is -0.192. The van der Waals surface area contributed by atoms with Crippen molar-refractivity contribution in [1.82, 2.24) is 0 Å². The Labute approximate surface area is 301 Å². The van der Waals surface area contributed by atoms with Crippen LogP contribution in [0.5, 0.6) is 0 Å². The lowest BCUT2D eigenvalue weighted by Crippen LogP contribution is -2.51. The van der Waals surface area contributed by atoms with E-state index in [9.17, 15) is 22.8 Å². The fraction of sp³-hybridized carbons (Fsp3) is 0.725. The zero-order valence-electron chi connectivity index (χ0n) is 30.9. The van der Waals surface area contributed by atoms with Crippen LogP contribution < -0.4 is 5.73 Å². The van der Waals surface area contributed by atoms with E-state index in [1.807, 2.05) is 30.3 Å². The molecular formula is C40H58F3NO7. The third-order valence-electron chi connectivity index (χ3n) is 12.7. The summed E-state index contributed by atoms with van der Waals surface area (Å²) < 4.78 is 48.0. The molecule has 4 aliphatic rings. The van der Waals surface area contributed by atoms with Crippen LogP contribution in [0.4, 0.5) is 18.0 Å². The van der Waals surface area contributed by atoms with Crippen molar-refractivity contribution in [2.45, 2.75) is 130 Å². The third kappa shape index (κ3) is 10.1. The molecule has 5 rings (SSSR count). The van der Waals surface area contributed by atoms with Gasteiger partial charge in [0.05, 0.1) is 0 Å². The van der Waals surface area contributed by atoms with Crippen molar-refractivity contribution < 1.29 is 46.9 Å². The molecule has 1 aromatic carbocycles. The van der Waals surface area contributed by atoms with Gasteiger partial charge in [-0.1, -0.05) is 95.9 Å². The minimum absolute atomic E-state index is 0.133. The summed E-state index contributed by atoms with van der Waals surface area (Å²) in [6, 6.07) is 8.35. The number of benzene rings is 1. The summed E-state index contributed by atoms with van der Waals surface area (Å²) in [6.45, 7) is 12.3. The molecule has 9 atom stereocenters. The number of hydrogen-bond donors (Lipinski definition) is 2. The van der Waals surface area contributed by atoms with Crippen LogP contribution in [0.15, 0.2) is 42.0 Å². The Morgan fingerprint density at radius 1 is 0.961 bits per heavy atom. The summed E-state index contributed by atoms with van der Waals surface area (Å²) >= 11 is 0. The maximum absolute atomic E-state index is 12.6. The van der Waals surface area contributed by atoms with Crippen LogP contribution in [0.25, 0.3) is 0 Å². The molecule has 0 aliphatic heterocycles. The van der Waals surface area contributed by atoms with Gasteiger partial charge < -0.3 is 25.1 Å². The molecule has 1 aromatic rings. The van der Waals surface area contributed by atoms with Gasteiger partial charge in [-0.05, 0) is 96.8 Å². The Morgan fingerprint density at radius 2 is 1.65 bits per heavy atom. The monoisotopic (exact) mass is 721 g/mol. The lowest BCUT2D eigenvalue weighted by Gasteiger charge is -2.58. The molecule has 0 spiro atoms. The number of halogens is 3. The maximum Gasteiger partial charge on any atom is 0.508 e. The first kappa shape index (κ1) is 40.7. The third-order valence-corrected chi connectivity index (χ3v) is 12.7. The standard InChI is InChI=1S/C38H57NO5.C2HF3O2/c1-25(2)10-9-11-26(3)31-16-17-32-30-15-14-28-22-29(18-20-37(28,4)33(30)19-21-38(31,32)5)44-36(41)43-24-34(39)35(40)42-23-27-12-7-6-8-13-27;3-2(4,5)1(6)7/h6-8,12-14,25-26,29-34H,9-11,15-24,39H2,1-5H3;(H,6,7). The molecule has 0 radical (unpaired) electrons. The van der Waals surface area contributed by atoms with E-state index in [4.69, 9.17) is 29.8 Å². The number of ether oxygens (including phenoxy) is 3. The number of esters is 1. The minimum atomic E-state index is -5.08. The van der Waals surface area contributed by atoms with E-state index in [1.165, 1.54) is 56.9 Å². The number of alkyl halides is 3. The van der Waals surface area contributed by atoms with Gasteiger partial charge in [0.25, 0.3) is 0 Å². The number of carbonyl (C=O) groups is 3. The van der Waals surface area contributed by atoms with Crippen LogP contribution in [-0.4, -0.2) is 48.1 Å². The Balaban J connectivity index is 0.000000755. The number of hydrogen-bond acceptors (Lipinski definition) is 7. The Morgan fingerprint density at radius 3 is 2.29 bits per heavy atom. The molecule has 286 valence electrons. The van der Waals surface area contributed by atoms with Gasteiger partial charge in [-0.15, -0.1) is 0 Å². The Hall–Kier alpha value is -3.08. The van der Waals surface area contributed by atoms with E-state index in [2.05, 4.69) is 40.7 Å². The second kappa shape index (κ2) is 17.2. The van der Waals surface area contributed by atoms with Crippen LogP contribution in [0.3, 0.4) is 0 Å². The summed E-state index contributed by atoms with van der Waals surface area (Å²) in [7, 11) is 0. The quantitative estimate of drug-likeness (QED) is 0.171. The molecule has 4 aliphatic carbocycles. The number of aliphatic carboxylic acids is 1. The van der Waals surface area contributed by atoms with Crippen molar-refractivity contribution in [2.75, 3.05) is 6.61 Å². The summed E-state index contributed by atoms with van der Waals surface area (Å²) in [6.07, 6.45) is 9.92. The smallest absolute Gasteiger partial charge is 0.475 e. The van der Waals surface area contributed by atoms with Crippen LogP contribution in [0.2, 0.25) is 0 Å². The van der Waals surface area contributed by atoms with Crippen molar-refractivity contribution in [1.29, 1.82) is 0 Å². The molecule has 0 bridgehead atoms. The van der Waals surface area contributed by atoms with Gasteiger partial charge in [-0.2, -0.15) is 13.2 Å². The molecule has 11 heteroatoms. The average molecular weight is 722 g/mol. The van der Waals surface area contributed by atoms with Gasteiger partial charge in [-0.3, -0.25) is 4.79 Å². The largest absolute Gasteiger partial charge is 0.508 e. The maximum atomic E-state index is 12.6. The van der Waals surface area contributed by atoms with Crippen molar-refractivity contribution in [3.05, 3.63) is 47.5 Å². The van der Waals surface area contributed by atoms with Gasteiger partial charge in [0, 0.05) is 6.42 Å². The second-order valence-corrected chi connectivity index (χ2v) is 16.3. The molecule has 8 nitrogen and oxygen atoms in total. The summed E-state index contributed by atoms with van der Waals surface area (Å²) in [4.78, 5) is 33.7. The molecule has 0 saturated heterocycles. The van der Waals surface area contributed by atoms with Crippen LogP contribution in [0, 0.1) is 46.3 Å². The van der Waals surface area contributed by atoms with Crippen molar-refractivity contribution in [3.8, 4) is 0 Å². The van der Waals surface area contributed by atoms with E-state index in [-0.39, 0.29) is 24.7 Å². The second-order valence-electron chi connectivity index (χ2n) is 16.3. The Bertz CT molecular complexity index is 1370. The van der Waals surface area contributed by atoms with E-state index in [1.54, 1.807) is 0 Å². The molecule has 3 fully saturated rings. The Kier molecular flexibility index (Phi) is 13.7. The minimum Gasteiger partial charge on any atom is -0.475 e. The molecule has 3 N–H and O–H groups in total. The summed E-state index contributed by atoms with van der Waals surface area (Å²) in [5.41, 5.74) is 8.95. The number of carboxylic acid groups (broad SMARTS) is 1. The zero-order chi connectivity index (χ0) is 37.6. The van der Waals surface area contributed by atoms with Gasteiger partial charge in [-0.25, -0.2) is 9.59 Å². The fourth-order valence-electron chi connectivity index (χ4n) is 9.98. The summed E-state index contributed by atoms with van der Waals surface area (Å²) in [5, 5.41) is 7.12. The first-order valence-corrected chi connectivity index (χ1v) is 18.7. The molecule has 0 heterocycles. The zero-order valence-corrected chi connectivity index (χ0v) is 30.9. The number of rotatable bonds is 11. The molecule has 9 unspecified atom stereocenters. The molecule has 3 saturated carbocycles. The van der Waals surface area contributed by atoms with Crippen LogP contribution in [0.1, 0.15) is 111 Å². The number of carbonyl (C=O) groups excluding carboxylic acids is 2. The first-order valence-electron chi connectivity index (χ1n) is 18.7. The van der Waals surface area contributed by atoms with E-state index in [0.29, 0.717) is 5.41 Å². The van der Waals surface area contributed by atoms with Crippen molar-refractivity contribution in [2.24, 2.45) is 52.1 Å². The highest BCUT2D eigenvalue weighted by Crippen LogP contribution is 2.67.